The molecule has 3 rings (SSSR count). The van der Waals surface area contributed by atoms with Gasteiger partial charge in [0, 0.05) is 25.1 Å². The van der Waals surface area contributed by atoms with Gasteiger partial charge in [0.05, 0.1) is 26.5 Å². The maximum atomic E-state index is 14.4. The Morgan fingerprint density at radius 3 is 2.19 bits per heavy atom. The first-order valence-electron chi connectivity index (χ1n) is 11.4. The Kier molecular flexibility index (Phi) is 10.5. The van der Waals surface area contributed by atoms with Crippen LogP contribution in [0.3, 0.4) is 0 Å². The van der Waals surface area contributed by atoms with Gasteiger partial charge in [-0.3, -0.25) is 23.5 Å². The average Bonchev–Trinajstić information content (AvgIpc) is 2.87. The lowest BCUT2D eigenvalue weighted by atomic mass is 9.97. The third kappa shape index (κ3) is 7.92. The fourth-order valence-electron chi connectivity index (χ4n) is 3.68. The van der Waals surface area contributed by atoms with Crippen molar-refractivity contribution in [2.45, 2.75) is 38.6 Å². The number of nitrogens with zero attached hydrogens (tertiary/aromatic N) is 1. The topological polar surface area (TPSA) is 103 Å². The SMILES string of the molecule is CC(=O)OC(C(OCc1ccccc1)C(CF)COCc1ccccc1)C(O)n1ccc(=O)[nH]c1=S. The second-order valence-corrected chi connectivity index (χ2v) is 8.57. The van der Waals surface area contributed by atoms with E-state index in [2.05, 4.69) is 4.98 Å². The Morgan fingerprint density at radius 1 is 1.03 bits per heavy atom. The second-order valence-electron chi connectivity index (χ2n) is 8.18. The number of aromatic nitrogens is 2. The minimum Gasteiger partial charge on any atom is -0.455 e. The lowest BCUT2D eigenvalue weighted by molar-refractivity contribution is -0.187. The summed E-state index contributed by atoms with van der Waals surface area (Å²) in [7, 11) is 0. The molecule has 10 heteroatoms. The molecule has 0 saturated carbocycles. The predicted octanol–water partition coefficient (Wildman–Crippen LogP) is 3.72. The maximum Gasteiger partial charge on any atom is 0.303 e. The van der Waals surface area contributed by atoms with Crippen LogP contribution in [0.2, 0.25) is 0 Å². The molecule has 0 radical (unpaired) electrons. The van der Waals surface area contributed by atoms with E-state index in [1.54, 1.807) is 0 Å². The van der Waals surface area contributed by atoms with Crippen LogP contribution < -0.4 is 5.56 Å². The quantitative estimate of drug-likeness (QED) is 0.264. The van der Waals surface area contributed by atoms with Crippen molar-refractivity contribution in [2.24, 2.45) is 5.92 Å². The number of benzene rings is 2. The number of aliphatic hydroxyl groups excluding tert-OH is 1. The van der Waals surface area contributed by atoms with E-state index >= 15 is 0 Å². The highest BCUT2D eigenvalue weighted by Gasteiger charge is 2.39. The number of esters is 1. The summed E-state index contributed by atoms with van der Waals surface area (Å²) in [4.78, 5) is 26.0. The molecule has 0 fully saturated rings. The molecular formula is C26H29FN2O6S. The van der Waals surface area contributed by atoms with Crippen LogP contribution in [-0.4, -0.2) is 46.1 Å². The summed E-state index contributed by atoms with van der Waals surface area (Å²) in [5, 5.41) is 11.2. The van der Waals surface area contributed by atoms with E-state index in [1.165, 1.54) is 19.2 Å². The van der Waals surface area contributed by atoms with Gasteiger partial charge in [0.2, 0.25) is 0 Å². The summed E-state index contributed by atoms with van der Waals surface area (Å²) in [6.45, 7) is 0.565. The van der Waals surface area contributed by atoms with Gasteiger partial charge in [-0.2, -0.15) is 0 Å². The Hall–Kier alpha value is -3.18. The zero-order valence-corrected chi connectivity index (χ0v) is 20.6. The third-order valence-corrected chi connectivity index (χ3v) is 5.76. The van der Waals surface area contributed by atoms with Gasteiger partial charge >= 0.3 is 5.97 Å². The lowest BCUT2D eigenvalue weighted by Crippen LogP contribution is -2.46. The fourth-order valence-corrected chi connectivity index (χ4v) is 3.95. The molecule has 0 aliphatic rings. The number of carbonyl (C=O) groups excluding carboxylic acids is 1. The van der Waals surface area contributed by atoms with E-state index < -0.39 is 42.6 Å². The third-order valence-electron chi connectivity index (χ3n) is 5.45. The highest BCUT2D eigenvalue weighted by atomic mass is 32.1. The van der Waals surface area contributed by atoms with Crippen LogP contribution in [0.5, 0.6) is 0 Å². The number of halogens is 1. The van der Waals surface area contributed by atoms with Crippen LogP contribution in [0.25, 0.3) is 0 Å². The molecule has 0 bridgehead atoms. The molecule has 0 spiro atoms. The predicted molar refractivity (Wildman–Crippen MR) is 133 cm³/mol. The molecule has 2 N–H and O–H groups in total. The molecule has 4 atom stereocenters. The van der Waals surface area contributed by atoms with E-state index in [1.807, 2.05) is 60.7 Å². The van der Waals surface area contributed by atoms with Crippen molar-refractivity contribution in [3.63, 3.8) is 0 Å². The van der Waals surface area contributed by atoms with Gasteiger partial charge in [0.25, 0.3) is 5.56 Å². The second kappa shape index (κ2) is 13.8. The number of ether oxygens (including phenoxy) is 3. The highest BCUT2D eigenvalue weighted by molar-refractivity contribution is 7.71. The first kappa shape index (κ1) is 27.4. The first-order chi connectivity index (χ1) is 17.4. The van der Waals surface area contributed by atoms with Crippen LogP contribution in [0.15, 0.2) is 77.7 Å². The van der Waals surface area contributed by atoms with Crippen molar-refractivity contribution >= 4 is 18.2 Å². The molecule has 1 heterocycles. The van der Waals surface area contributed by atoms with Crippen LogP contribution in [-0.2, 0) is 32.2 Å². The number of aliphatic hydroxyl groups is 1. The van der Waals surface area contributed by atoms with Crippen LogP contribution in [0, 0.1) is 10.7 Å². The Morgan fingerprint density at radius 2 is 1.64 bits per heavy atom. The van der Waals surface area contributed by atoms with Crippen molar-refractivity contribution in [1.29, 1.82) is 0 Å². The van der Waals surface area contributed by atoms with Crippen molar-refractivity contribution in [1.82, 2.24) is 9.55 Å². The maximum absolute atomic E-state index is 14.4. The van der Waals surface area contributed by atoms with Crippen LogP contribution in [0.4, 0.5) is 4.39 Å². The standard InChI is InChI=1S/C26H29FN2O6S/c1-18(30)35-24(25(32)29-13-12-22(31)28-26(29)36)23(34-16-20-10-6-3-7-11-20)21(14-27)17-33-15-19-8-4-2-5-9-19/h2-13,21,23-25,32H,14-17H2,1H3,(H,28,31,36). The van der Waals surface area contributed by atoms with Crippen molar-refractivity contribution in [3.05, 3.63) is 99.2 Å². The molecule has 36 heavy (non-hydrogen) atoms. The number of carbonyl (C=O) groups is 1. The number of rotatable bonds is 13. The molecule has 0 saturated heterocycles. The summed E-state index contributed by atoms with van der Waals surface area (Å²) in [5.74, 6) is -1.60. The summed E-state index contributed by atoms with van der Waals surface area (Å²) in [6, 6.07) is 19.8. The molecule has 3 aromatic rings. The molecule has 1 aromatic heterocycles. The zero-order chi connectivity index (χ0) is 25.9. The van der Waals surface area contributed by atoms with Gasteiger partial charge in [-0.1, -0.05) is 60.7 Å². The molecule has 0 aliphatic heterocycles. The molecule has 8 nitrogen and oxygen atoms in total. The smallest absolute Gasteiger partial charge is 0.303 e. The number of alkyl halides is 1. The minimum absolute atomic E-state index is 0.0631. The summed E-state index contributed by atoms with van der Waals surface area (Å²) < 4.78 is 32.8. The fraction of sp³-hybridized carbons (Fsp3) is 0.346. The number of nitrogens with one attached hydrogen (secondary N) is 1. The Bertz CT molecular complexity index is 1200. The van der Waals surface area contributed by atoms with E-state index in [0.717, 1.165) is 15.7 Å². The molecule has 192 valence electrons. The number of H-pyrrole nitrogens is 1. The summed E-state index contributed by atoms with van der Waals surface area (Å²) >= 11 is 5.16. The van der Waals surface area contributed by atoms with E-state index in [4.69, 9.17) is 26.4 Å². The van der Waals surface area contributed by atoms with Crippen molar-refractivity contribution < 1.29 is 28.5 Å². The van der Waals surface area contributed by atoms with Gasteiger partial charge in [0.15, 0.2) is 17.1 Å². The molecule has 4 unspecified atom stereocenters. The average molecular weight is 517 g/mol. The Labute approximate surface area is 213 Å². The molecular weight excluding hydrogens is 487 g/mol. The largest absolute Gasteiger partial charge is 0.455 e. The van der Waals surface area contributed by atoms with Crippen molar-refractivity contribution in [3.8, 4) is 0 Å². The monoisotopic (exact) mass is 516 g/mol. The molecule has 2 aromatic carbocycles. The molecule has 0 amide bonds. The van der Waals surface area contributed by atoms with E-state index in [-0.39, 0.29) is 24.6 Å². The Balaban J connectivity index is 1.89. The minimum atomic E-state index is -1.57. The highest BCUT2D eigenvalue weighted by Crippen LogP contribution is 2.26. The van der Waals surface area contributed by atoms with Crippen molar-refractivity contribution in [2.75, 3.05) is 13.3 Å². The summed E-state index contributed by atoms with van der Waals surface area (Å²) in [5.41, 5.74) is 1.26. The van der Waals surface area contributed by atoms with Crippen LogP contribution >= 0.6 is 12.2 Å². The van der Waals surface area contributed by atoms with E-state index in [0.29, 0.717) is 0 Å². The van der Waals surface area contributed by atoms with E-state index in [9.17, 15) is 19.1 Å². The normalized spacial score (nSPS) is 14.5. The number of hydrogen-bond donors (Lipinski definition) is 2. The first-order valence-corrected chi connectivity index (χ1v) is 11.8. The number of aromatic amines is 1. The van der Waals surface area contributed by atoms with Gasteiger partial charge in [-0.15, -0.1) is 0 Å². The van der Waals surface area contributed by atoms with Gasteiger partial charge < -0.3 is 19.3 Å². The van der Waals surface area contributed by atoms with Gasteiger partial charge in [-0.25, -0.2) is 0 Å². The molecule has 0 aliphatic carbocycles. The van der Waals surface area contributed by atoms with Crippen LogP contribution in [0.1, 0.15) is 24.3 Å². The number of hydrogen-bond acceptors (Lipinski definition) is 7. The van der Waals surface area contributed by atoms with Gasteiger partial charge in [-0.05, 0) is 23.3 Å². The zero-order valence-electron chi connectivity index (χ0n) is 19.8. The summed E-state index contributed by atoms with van der Waals surface area (Å²) in [6.07, 6.45) is -2.77. The lowest BCUT2D eigenvalue weighted by Gasteiger charge is -2.35. The van der Waals surface area contributed by atoms with Gasteiger partial charge in [0.1, 0.15) is 6.10 Å².